The van der Waals surface area contributed by atoms with Gasteiger partial charge in [-0.2, -0.15) is 5.26 Å². The smallest absolute Gasteiger partial charge is 0.0822 e. The molecule has 0 unspecified atom stereocenters. The van der Waals surface area contributed by atoms with Crippen molar-refractivity contribution < 1.29 is 0 Å². The van der Waals surface area contributed by atoms with E-state index >= 15 is 0 Å². The number of aryl methyl sites for hydroxylation is 1. The van der Waals surface area contributed by atoms with E-state index in [-0.39, 0.29) is 5.41 Å². The second-order valence-electron chi connectivity index (χ2n) is 7.79. The molecule has 1 nitrogen and oxygen atoms in total. The number of rotatable bonds is 9. The molecule has 1 aliphatic rings. The number of nitrogens with zero attached hydrogens (tertiary/aromatic N) is 1. The van der Waals surface area contributed by atoms with Gasteiger partial charge in [0.25, 0.3) is 0 Å². The molecule has 0 bridgehead atoms. The van der Waals surface area contributed by atoms with E-state index in [4.69, 9.17) is 0 Å². The molecule has 0 aromatic heterocycles. The third-order valence-electron chi connectivity index (χ3n) is 5.93. The van der Waals surface area contributed by atoms with Gasteiger partial charge in [-0.05, 0) is 49.1 Å². The summed E-state index contributed by atoms with van der Waals surface area (Å²) in [6, 6.07) is 11.6. The average Bonchev–Trinajstić information content (AvgIpc) is 2.63. The Morgan fingerprint density at radius 1 is 0.958 bits per heavy atom. The molecule has 1 fully saturated rings. The Labute approximate surface area is 149 Å². The fourth-order valence-electron chi connectivity index (χ4n) is 4.24. The molecule has 0 amide bonds. The fourth-order valence-corrected chi connectivity index (χ4v) is 4.24. The van der Waals surface area contributed by atoms with Crippen molar-refractivity contribution in [2.75, 3.05) is 0 Å². The van der Waals surface area contributed by atoms with Crippen LogP contribution in [0.3, 0.4) is 0 Å². The Hall–Kier alpha value is -1.29. The zero-order valence-electron chi connectivity index (χ0n) is 15.8. The minimum Gasteiger partial charge on any atom is -0.197 e. The van der Waals surface area contributed by atoms with E-state index in [1.54, 1.807) is 0 Å². The SMILES string of the molecule is CCCCCCCC1CCC(C#N)(c2ccc(CCC)cc2)CC1. The van der Waals surface area contributed by atoms with Gasteiger partial charge in [-0.15, -0.1) is 0 Å². The molecular weight excluding hydrogens is 290 g/mol. The molecule has 1 aromatic rings. The Bertz CT molecular complexity index is 500. The van der Waals surface area contributed by atoms with Crippen molar-refractivity contribution in [3.63, 3.8) is 0 Å². The van der Waals surface area contributed by atoms with Crippen LogP contribution in [0.4, 0.5) is 0 Å². The van der Waals surface area contributed by atoms with E-state index in [1.165, 1.54) is 68.9 Å². The second kappa shape index (κ2) is 9.87. The van der Waals surface area contributed by atoms with Crippen LogP contribution in [-0.2, 0) is 11.8 Å². The van der Waals surface area contributed by atoms with Crippen molar-refractivity contribution in [1.29, 1.82) is 5.26 Å². The van der Waals surface area contributed by atoms with Crippen molar-refractivity contribution in [2.24, 2.45) is 5.92 Å². The first-order valence-corrected chi connectivity index (χ1v) is 10.2. The monoisotopic (exact) mass is 325 g/mol. The summed E-state index contributed by atoms with van der Waals surface area (Å²) in [7, 11) is 0. The third-order valence-corrected chi connectivity index (χ3v) is 5.93. The number of hydrogen-bond donors (Lipinski definition) is 0. The fraction of sp³-hybridized carbons (Fsp3) is 0.696. The quantitative estimate of drug-likeness (QED) is 0.450. The van der Waals surface area contributed by atoms with Crippen LogP contribution < -0.4 is 0 Å². The van der Waals surface area contributed by atoms with Crippen LogP contribution >= 0.6 is 0 Å². The predicted octanol–water partition coefficient (Wildman–Crippen LogP) is 6.95. The van der Waals surface area contributed by atoms with Crippen LogP contribution in [-0.4, -0.2) is 0 Å². The summed E-state index contributed by atoms with van der Waals surface area (Å²) in [5.41, 5.74) is 2.44. The van der Waals surface area contributed by atoms with Gasteiger partial charge in [-0.25, -0.2) is 0 Å². The highest BCUT2D eigenvalue weighted by molar-refractivity contribution is 5.35. The summed E-state index contributed by atoms with van der Waals surface area (Å²) in [4.78, 5) is 0. The minimum atomic E-state index is -0.219. The maximum atomic E-state index is 9.88. The largest absolute Gasteiger partial charge is 0.197 e. The van der Waals surface area contributed by atoms with Gasteiger partial charge in [0.1, 0.15) is 0 Å². The maximum Gasteiger partial charge on any atom is 0.0822 e. The highest BCUT2D eigenvalue weighted by Gasteiger charge is 2.36. The molecule has 2 rings (SSSR count). The molecule has 0 heterocycles. The summed E-state index contributed by atoms with van der Waals surface area (Å²) in [6.07, 6.45) is 15.2. The third kappa shape index (κ3) is 5.10. The van der Waals surface area contributed by atoms with Crippen molar-refractivity contribution >= 4 is 0 Å². The molecule has 1 heteroatoms. The lowest BCUT2D eigenvalue weighted by atomic mass is 9.66. The van der Waals surface area contributed by atoms with Crippen LogP contribution in [0.15, 0.2) is 24.3 Å². The number of nitriles is 1. The van der Waals surface area contributed by atoms with E-state index in [1.807, 2.05) is 0 Å². The molecule has 0 spiro atoms. The number of hydrogen-bond acceptors (Lipinski definition) is 1. The normalized spacial score (nSPS) is 23.8. The van der Waals surface area contributed by atoms with E-state index < -0.39 is 0 Å². The van der Waals surface area contributed by atoms with Crippen molar-refractivity contribution in [2.45, 2.75) is 96.3 Å². The molecule has 132 valence electrons. The number of benzene rings is 1. The lowest BCUT2D eigenvalue weighted by Crippen LogP contribution is -2.30. The topological polar surface area (TPSA) is 23.8 Å². The summed E-state index contributed by atoms with van der Waals surface area (Å²) >= 11 is 0. The Morgan fingerprint density at radius 2 is 1.62 bits per heavy atom. The van der Waals surface area contributed by atoms with E-state index in [9.17, 15) is 5.26 Å². The van der Waals surface area contributed by atoms with Gasteiger partial charge in [0.2, 0.25) is 0 Å². The first-order valence-electron chi connectivity index (χ1n) is 10.2. The van der Waals surface area contributed by atoms with Crippen molar-refractivity contribution in [1.82, 2.24) is 0 Å². The molecule has 0 N–H and O–H groups in total. The summed E-state index contributed by atoms with van der Waals surface area (Å²) in [5.74, 6) is 0.854. The lowest BCUT2D eigenvalue weighted by Gasteiger charge is -2.35. The first-order chi connectivity index (χ1) is 11.7. The Kier molecular flexibility index (Phi) is 7.83. The molecule has 0 radical (unpaired) electrons. The van der Waals surface area contributed by atoms with E-state index in [0.717, 1.165) is 25.2 Å². The molecule has 24 heavy (non-hydrogen) atoms. The van der Waals surface area contributed by atoms with Gasteiger partial charge in [0, 0.05) is 0 Å². The summed E-state index contributed by atoms with van der Waals surface area (Å²) < 4.78 is 0. The minimum absolute atomic E-state index is 0.219. The second-order valence-corrected chi connectivity index (χ2v) is 7.79. The van der Waals surface area contributed by atoms with Gasteiger partial charge >= 0.3 is 0 Å². The Morgan fingerprint density at radius 3 is 2.21 bits per heavy atom. The number of unbranched alkanes of at least 4 members (excludes halogenated alkanes) is 4. The molecule has 1 saturated carbocycles. The average molecular weight is 326 g/mol. The maximum absolute atomic E-state index is 9.88. The summed E-state index contributed by atoms with van der Waals surface area (Å²) in [5, 5.41) is 9.88. The molecule has 1 aromatic carbocycles. The molecule has 0 aliphatic heterocycles. The van der Waals surface area contributed by atoms with Gasteiger partial charge in [0.05, 0.1) is 11.5 Å². The van der Waals surface area contributed by atoms with E-state index in [2.05, 4.69) is 44.2 Å². The summed E-state index contributed by atoms with van der Waals surface area (Å²) in [6.45, 7) is 4.49. The molecule has 0 saturated heterocycles. The van der Waals surface area contributed by atoms with E-state index in [0.29, 0.717) is 0 Å². The lowest BCUT2D eigenvalue weighted by molar-refractivity contribution is 0.261. The van der Waals surface area contributed by atoms with Crippen LogP contribution in [0, 0.1) is 17.2 Å². The standard InChI is InChI=1S/C23H35N/c1-3-5-6-7-8-10-21-15-17-23(19-24,18-16-21)22-13-11-20(9-4-2)12-14-22/h11-14,21H,3-10,15-18H2,1-2H3. The molecule has 0 atom stereocenters. The van der Waals surface area contributed by atoms with Crippen molar-refractivity contribution in [3.05, 3.63) is 35.4 Å². The van der Waals surface area contributed by atoms with Gasteiger partial charge < -0.3 is 0 Å². The highest BCUT2D eigenvalue weighted by atomic mass is 14.4. The van der Waals surface area contributed by atoms with Crippen LogP contribution in [0.2, 0.25) is 0 Å². The van der Waals surface area contributed by atoms with Gasteiger partial charge in [-0.3, -0.25) is 0 Å². The van der Waals surface area contributed by atoms with Crippen LogP contribution in [0.1, 0.15) is 95.6 Å². The first kappa shape index (κ1) is 19.0. The highest BCUT2D eigenvalue weighted by Crippen LogP contribution is 2.42. The zero-order chi connectivity index (χ0) is 17.3. The van der Waals surface area contributed by atoms with Crippen molar-refractivity contribution in [3.8, 4) is 6.07 Å². The van der Waals surface area contributed by atoms with Crippen LogP contribution in [0.25, 0.3) is 0 Å². The zero-order valence-corrected chi connectivity index (χ0v) is 15.8. The van der Waals surface area contributed by atoms with Gasteiger partial charge in [0.15, 0.2) is 0 Å². The predicted molar refractivity (Wildman–Crippen MR) is 103 cm³/mol. The molecular formula is C23H35N. The van der Waals surface area contributed by atoms with Crippen LogP contribution in [0.5, 0.6) is 0 Å². The Balaban J connectivity index is 1.86. The van der Waals surface area contributed by atoms with Gasteiger partial charge in [-0.1, -0.05) is 83.1 Å². The molecule has 1 aliphatic carbocycles.